The Morgan fingerprint density at radius 2 is 1.81 bits per heavy atom. The molecule has 0 amide bonds. The van der Waals surface area contributed by atoms with Gasteiger partial charge in [0.15, 0.2) is 12.4 Å². The van der Waals surface area contributed by atoms with Gasteiger partial charge in [-0.2, -0.15) is 14.9 Å². The number of aromatic amines is 1. The summed E-state index contributed by atoms with van der Waals surface area (Å²) in [6, 6.07) is 24.7. The summed E-state index contributed by atoms with van der Waals surface area (Å²) in [6.07, 6.45) is 3.24. The van der Waals surface area contributed by atoms with Gasteiger partial charge in [-0.05, 0) is 36.8 Å². The molecule has 0 saturated carbocycles. The molecule has 5 aromatic rings. The van der Waals surface area contributed by atoms with Crippen LogP contribution in [-0.2, 0) is 11.4 Å². The Hall–Kier alpha value is -4.37. The fourth-order valence-electron chi connectivity index (χ4n) is 3.66. The summed E-state index contributed by atoms with van der Waals surface area (Å²) in [6.45, 7) is 1.82. The van der Waals surface area contributed by atoms with Crippen molar-refractivity contribution in [3.05, 3.63) is 117 Å². The summed E-state index contributed by atoms with van der Waals surface area (Å²) < 4.78 is 2.22. The van der Waals surface area contributed by atoms with Crippen LogP contribution < -0.4 is 5.56 Å². The highest BCUT2D eigenvalue weighted by Crippen LogP contribution is 2.22. The number of nitrogens with one attached hydrogen (secondary N) is 1. The van der Waals surface area contributed by atoms with Gasteiger partial charge in [-0.15, -0.1) is 0 Å². The quantitative estimate of drug-likeness (QED) is 0.221. The maximum atomic E-state index is 13.3. The van der Waals surface area contributed by atoms with Gasteiger partial charge in [0, 0.05) is 15.6 Å². The highest BCUT2D eigenvalue weighted by molar-refractivity contribution is 9.10. The minimum absolute atomic E-state index is 0.0352. The summed E-state index contributed by atoms with van der Waals surface area (Å²) in [5.74, 6) is 0.327. The number of H-pyrrole nitrogens is 1. The van der Waals surface area contributed by atoms with Crippen LogP contribution in [0.4, 0.5) is 0 Å². The molecule has 0 radical (unpaired) electrons. The highest BCUT2D eigenvalue weighted by Gasteiger charge is 2.12. The number of hydrogen-bond acceptors (Lipinski definition) is 6. The second-order valence-electron chi connectivity index (χ2n) is 7.93. The molecule has 0 spiro atoms. The molecular formula is C27H21BrN6O2. The SMILES string of the molecule is CC(=NOCc1nc2ccccc2c(=O)n1N=Cc1cn[nH]c1-c1ccc(Br)cc1)c1ccccc1. The molecule has 0 saturated heterocycles. The van der Waals surface area contributed by atoms with E-state index in [4.69, 9.17) is 4.84 Å². The monoisotopic (exact) mass is 540 g/mol. The Bertz CT molecular complexity index is 1620. The van der Waals surface area contributed by atoms with Crippen LogP contribution in [0.5, 0.6) is 0 Å². The van der Waals surface area contributed by atoms with E-state index in [1.54, 1.807) is 30.6 Å². The van der Waals surface area contributed by atoms with Crippen LogP contribution in [0.2, 0.25) is 0 Å². The number of oxime groups is 1. The van der Waals surface area contributed by atoms with E-state index in [9.17, 15) is 4.79 Å². The zero-order chi connectivity index (χ0) is 24.9. The van der Waals surface area contributed by atoms with Crippen LogP contribution in [0.15, 0.2) is 105 Å². The molecule has 0 fully saturated rings. The van der Waals surface area contributed by atoms with E-state index in [1.807, 2.05) is 67.6 Å². The van der Waals surface area contributed by atoms with Gasteiger partial charge in [-0.25, -0.2) is 4.98 Å². The zero-order valence-electron chi connectivity index (χ0n) is 19.3. The van der Waals surface area contributed by atoms with Crippen molar-refractivity contribution >= 4 is 38.8 Å². The molecule has 0 aliphatic heterocycles. The van der Waals surface area contributed by atoms with Gasteiger partial charge in [-0.3, -0.25) is 9.89 Å². The Morgan fingerprint density at radius 3 is 2.61 bits per heavy atom. The van der Waals surface area contributed by atoms with Crippen molar-refractivity contribution in [1.29, 1.82) is 0 Å². The third kappa shape index (κ3) is 5.01. The second-order valence-corrected chi connectivity index (χ2v) is 8.85. The molecule has 2 aromatic heterocycles. The average Bonchev–Trinajstić information content (AvgIpc) is 3.38. The fraction of sp³-hybridized carbons (Fsp3) is 0.0741. The van der Waals surface area contributed by atoms with E-state index in [-0.39, 0.29) is 12.2 Å². The summed E-state index contributed by atoms with van der Waals surface area (Å²) in [7, 11) is 0. The lowest BCUT2D eigenvalue weighted by Crippen LogP contribution is -2.22. The van der Waals surface area contributed by atoms with Crippen LogP contribution in [0.3, 0.4) is 0 Å². The van der Waals surface area contributed by atoms with Crippen LogP contribution in [0.25, 0.3) is 22.2 Å². The topological polar surface area (TPSA) is 97.5 Å². The van der Waals surface area contributed by atoms with Gasteiger partial charge < -0.3 is 4.84 Å². The lowest BCUT2D eigenvalue weighted by molar-refractivity contribution is 0.122. The minimum atomic E-state index is -0.298. The number of benzene rings is 3. The second kappa shape index (κ2) is 10.5. The van der Waals surface area contributed by atoms with Gasteiger partial charge in [-0.1, -0.05) is 75.7 Å². The summed E-state index contributed by atoms with van der Waals surface area (Å²) in [5, 5.41) is 16.3. The molecule has 178 valence electrons. The number of nitrogens with zero attached hydrogens (tertiary/aromatic N) is 5. The zero-order valence-corrected chi connectivity index (χ0v) is 20.9. The van der Waals surface area contributed by atoms with Gasteiger partial charge in [0.2, 0.25) is 0 Å². The summed E-state index contributed by atoms with van der Waals surface area (Å²) >= 11 is 3.45. The van der Waals surface area contributed by atoms with Crippen molar-refractivity contribution in [2.75, 3.05) is 0 Å². The maximum absolute atomic E-state index is 13.3. The number of para-hydroxylation sites is 1. The normalized spacial score (nSPS) is 11.9. The molecule has 36 heavy (non-hydrogen) atoms. The van der Waals surface area contributed by atoms with Crippen molar-refractivity contribution in [3.63, 3.8) is 0 Å². The van der Waals surface area contributed by atoms with Crippen molar-refractivity contribution in [2.45, 2.75) is 13.5 Å². The number of rotatable bonds is 7. The number of fused-ring (bicyclic) bond motifs is 1. The third-order valence-corrected chi connectivity index (χ3v) is 6.05. The van der Waals surface area contributed by atoms with Crippen molar-refractivity contribution in [1.82, 2.24) is 19.9 Å². The first kappa shape index (κ1) is 23.4. The van der Waals surface area contributed by atoms with Crippen molar-refractivity contribution in [3.8, 4) is 11.3 Å². The lowest BCUT2D eigenvalue weighted by atomic mass is 10.1. The predicted molar refractivity (Wildman–Crippen MR) is 144 cm³/mol. The van der Waals surface area contributed by atoms with Crippen LogP contribution in [-0.4, -0.2) is 31.8 Å². The number of halogens is 1. The molecule has 8 nitrogen and oxygen atoms in total. The van der Waals surface area contributed by atoms with Crippen LogP contribution in [0.1, 0.15) is 23.9 Å². The Balaban J connectivity index is 1.49. The van der Waals surface area contributed by atoms with E-state index in [1.165, 1.54) is 4.68 Å². The van der Waals surface area contributed by atoms with Gasteiger partial charge in [0.25, 0.3) is 5.56 Å². The van der Waals surface area contributed by atoms with Crippen molar-refractivity contribution < 1.29 is 4.84 Å². The molecule has 1 N–H and O–H groups in total. The smallest absolute Gasteiger partial charge is 0.282 e. The van der Waals surface area contributed by atoms with Crippen molar-refractivity contribution in [2.24, 2.45) is 10.3 Å². The standard InChI is InChI=1S/C27H21BrN6O2/c1-18(19-7-3-2-4-8-19)33-36-17-25-31-24-10-6-5-9-23(24)27(35)34(25)30-16-21-15-29-32-26(21)20-11-13-22(28)14-12-20/h2-16H,17H2,1H3,(H,29,32). The largest absolute Gasteiger partial charge is 0.387 e. The van der Waals surface area contributed by atoms with E-state index >= 15 is 0 Å². The van der Waals surface area contributed by atoms with E-state index in [0.29, 0.717) is 22.4 Å². The Labute approximate surface area is 215 Å². The Kier molecular flexibility index (Phi) is 6.81. The van der Waals surface area contributed by atoms with E-state index in [2.05, 4.69) is 41.4 Å². The molecule has 5 rings (SSSR count). The van der Waals surface area contributed by atoms with Gasteiger partial charge >= 0.3 is 0 Å². The highest BCUT2D eigenvalue weighted by atomic mass is 79.9. The first-order valence-corrected chi connectivity index (χ1v) is 12.0. The molecule has 3 aromatic carbocycles. The fourth-order valence-corrected chi connectivity index (χ4v) is 3.93. The molecule has 0 bridgehead atoms. The predicted octanol–water partition coefficient (Wildman–Crippen LogP) is 5.37. The lowest BCUT2D eigenvalue weighted by Gasteiger charge is -2.09. The van der Waals surface area contributed by atoms with Gasteiger partial charge in [0.1, 0.15) is 0 Å². The molecular weight excluding hydrogens is 520 g/mol. The molecule has 9 heteroatoms. The van der Waals surface area contributed by atoms with E-state index < -0.39 is 0 Å². The summed E-state index contributed by atoms with van der Waals surface area (Å²) in [4.78, 5) is 23.5. The first-order valence-electron chi connectivity index (χ1n) is 11.2. The number of hydrogen-bond donors (Lipinski definition) is 1. The molecule has 0 unspecified atom stereocenters. The average molecular weight is 541 g/mol. The maximum Gasteiger partial charge on any atom is 0.282 e. The summed E-state index contributed by atoms with van der Waals surface area (Å²) in [5.41, 5.74) is 4.38. The third-order valence-electron chi connectivity index (χ3n) is 5.52. The van der Waals surface area contributed by atoms with Crippen LogP contribution in [0, 0.1) is 0 Å². The minimum Gasteiger partial charge on any atom is -0.387 e. The van der Waals surface area contributed by atoms with Crippen LogP contribution >= 0.6 is 15.9 Å². The molecule has 2 heterocycles. The molecule has 0 aliphatic carbocycles. The number of aromatic nitrogens is 4. The van der Waals surface area contributed by atoms with Gasteiger partial charge in [0.05, 0.1) is 34.7 Å². The first-order chi connectivity index (χ1) is 17.6. The Morgan fingerprint density at radius 1 is 1.06 bits per heavy atom. The molecule has 0 aliphatic rings. The molecule has 0 atom stereocenters. The van der Waals surface area contributed by atoms with E-state index in [0.717, 1.165) is 26.9 Å².